The summed E-state index contributed by atoms with van der Waals surface area (Å²) in [5.74, 6) is 0.0711. The van der Waals surface area contributed by atoms with Crippen LogP contribution < -0.4 is 5.32 Å². The van der Waals surface area contributed by atoms with Crippen molar-refractivity contribution in [2.24, 2.45) is 0 Å². The molecule has 0 radical (unpaired) electrons. The highest BCUT2D eigenvalue weighted by Gasteiger charge is 1.99. The number of halogens is 2. The molecule has 0 atom stereocenters. The summed E-state index contributed by atoms with van der Waals surface area (Å²) in [4.78, 5) is 3.74. The SMILES string of the molecule is Cc1ccc(CNc2cccc(F)n2)cc1Br. The van der Waals surface area contributed by atoms with E-state index in [1.807, 2.05) is 25.1 Å². The second kappa shape index (κ2) is 5.27. The average molecular weight is 295 g/mol. The zero-order valence-electron chi connectivity index (χ0n) is 9.37. The Bertz CT molecular complexity index is 529. The summed E-state index contributed by atoms with van der Waals surface area (Å²) in [6, 6.07) is 10.8. The fraction of sp³-hybridized carbons (Fsp3) is 0.154. The van der Waals surface area contributed by atoms with E-state index >= 15 is 0 Å². The largest absolute Gasteiger partial charge is 0.366 e. The van der Waals surface area contributed by atoms with Crippen LogP contribution >= 0.6 is 15.9 Å². The van der Waals surface area contributed by atoms with Crippen molar-refractivity contribution >= 4 is 21.7 Å². The van der Waals surface area contributed by atoms with Crippen LogP contribution in [0.25, 0.3) is 0 Å². The summed E-state index contributed by atoms with van der Waals surface area (Å²) < 4.78 is 13.9. The van der Waals surface area contributed by atoms with Crippen LogP contribution in [0.5, 0.6) is 0 Å². The molecule has 0 spiro atoms. The molecule has 0 aliphatic rings. The Kier molecular flexibility index (Phi) is 3.74. The van der Waals surface area contributed by atoms with Crippen LogP contribution in [0.1, 0.15) is 11.1 Å². The van der Waals surface area contributed by atoms with Crippen LogP contribution in [-0.4, -0.2) is 4.98 Å². The van der Waals surface area contributed by atoms with E-state index in [0.717, 1.165) is 10.0 Å². The highest BCUT2D eigenvalue weighted by Crippen LogP contribution is 2.18. The third-order valence-electron chi connectivity index (χ3n) is 2.42. The molecule has 1 aromatic heterocycles. The second-order valence-corrected chi connectivity index (χ2v) is 4.64. The third kappa shape index (κ3) is 3.27. The lowest BCUT2D eigenvalue weighted by Gasteiger charge is -2.07. The Hall–Kier alpha value is -1.42. The minimum Gasteiger partial charge on any atom is -0.366 e. The number of aryl methyl sites for hydroxylation is 1. The topological polar surface area (TPSA) is 24.9 Å². The number of anilines is 1. The Labute approximate surface area is 108 Å². The molecule has 2 nitrogen and oxygen atoms in total. The van der Waals surface area contributed by atoms with E-state index in [0.29, 0.717) is 12.4 Å². The molecule has 4 heteroatoms. The molecule has 1 N–H and O–H groups in total. The van der Waals surface area contributed by atoms with Gasteiger partial charge in [-0.2, -0.15) is 4.39 Å². The third-order valence-corrected chi connectivity index (χ3v) is 3.28. The second-order valence-electron chi connectivity index (χ2n) is 3.78. The average Bonchev–Trinajstić information content (AvgIpc) is 2.31. The number of nitrogens with zero attached hydrogens (tertiary/aromatic N) is 1. The van der Waals surface area contributed by atoms with Gasteiger partial charge in [0, 0.05) is 11.0 Å². The van der Waals surface area contributed by atoms with Crippen LogP contribution in [0.15, 0.2) is 40.9 Å². The van der Waals surface area contributed by atoms with Gasteiger partial charge in [-0.15, -0.1) is 0 Å². The van der Waals surface area contributed by atoms with Crippen molar-refractivity contribution in [3.63, 3.8) is 0 Å². The summed E-state index contributed by atoms with van der Waals surface area (Å²) in [5.41, 5.74) is 2.31. The van der Waals surface area contributed by atoms with Gasteiger partial charge in [0.05, 0.1) is 0 Å². The number of hydrogen-bond donors (Lipinski definition) is 1. The first-order valence-corrected chi connectivity index (χ1v) is 6.06. The fourth-order valence-electron chi connectivity index (χ4n) is 1.45. The van der Waals surface area contributed by atoms with Crippen molar-refractivity contribution < 1.29 is 4.39 Å². The molecular formula is C13H12BrFN2. The predicted octanol–water partition coefficient (Wildman–Crippen LogP) is 3.90. The monoisotopic (exact) mass is 294 g/mol. The van der Waals surface area contributed by atoms with Crippen LogP contribution in [0.4, 0.5) is 10.2 Å². The van der Waals surface area contributed by atoms with Gasteiger partial charge in [-0.05, 0) is 36.2 Å². The molecule has 0 saturated carbocycles. The molecule has 0 fully saturated rings. The molecule has 1 aromatic carbocycles. The van der Waals surface area contributed by atoms with Crippen molar-refractivity contribution in [1.82, 2.24) is 4.98 Å². The van der Waals surface area contributed by atoms with Crippen molar-refractivity contribution in [2.45, 2.75) is 13.5 Å². The molecule has 2 rings (SSSR count). The molecule has 1 heterocycles. The molecule has 0 saturated heterocycles. The van der Waals surface area contributed by atoms with E-state index in [2.05, 4.69) is 26.2 Å². The Morgan fingerprint density at radius 2 is 2.12 bits per heavy atom. The van der Waals surface area contributed by atoms with Crippen molar-refractivity contribution in [3.05, 3.63) is 57.9 Å². The smallest absolute Gasteiger partial charge is 0.214 e. The van der Waals surface area contributed by atoms with E-state index in [-0.39, 0.29) is 0 Å². The Morgan fingerprint density at radius 3 is 2.82 bits per heavy atom. The summed E-state index contributed by atoms with van der Waals surface area (Å²) >= 11 is 3.48. The molecule has 2 aromatic rings. The summed E-state index contributed by atoms with van der Waals surface area (Å²) in [7, 11) is 0. The van der Waals surface area contributed by atoms with E-state index in [9.17, 15) is 4.39 Å². The standard InChI is InChI=1S/C13H12BrFN2/c1-9-5-6-10(7-11(9)14)8-16-13-4-2-3-12(15)17-13/h2-7H,8H2,1H3,(H,16,17). The zero-order valence-corrected chi connectivity index (χ0v) is 11.0. The minimum atomic E-state index is -0.472. The lowest BCUT2D eigenvalue weighted by atomic mass is 10.1. The van der Waals surface area contributed by atoms with Gasteiger partial charge in [0.1, 0.15) is 5.82 Å². The van der Waals surface area contributed by atoms with Gasteiger partial charge in [-0.1, -0.05) is 34.1 Å². The van der Waals surface area contributed by atoms with E-state index in [1.54, 1.807) is 12.1 Å². The molecular weight excluding hydrogens is 283 g/mol. The first-order chi connectivity index (χ1) is 8.15. The molecule has 0 amide bonds. The molecule has 0 unspecified atom stereocenters. The van der Waals surface area contributed by atoms with E-state index in [1.165, 1.54) is 11.6 Å². The number of aromatic nitrogens is 1. The molecule has 0 aliphatic heterocycles. The van der Waals surface area contributed by atoms with Crippen molar-refractivity contribution in [2.75, 3.05) is 5.32 Å². The van der Waals surface area contributed by atoms with Gasteiger partial charge in [0.15, 0.2) is 0 Å². The fourth-order valence-corrected chi connectivity index (χ4v) is 1.87. The molecule has 17 heavy (non-hydrogen) atoms. The van der Waals surface area contributed by atoms with Gasteiger partial charge in [-0.3, -0.25) is 0 Å². The van der Waals surface area contributed by atoms with Crippen molar-refractivity contribution in [3.8, 4) is 0 Å². The zero-order chi connectivity index (χ0) is 12.3. The molecule has 0 bridgehead atoms. The molecule has 88 valence electrons. The first-order valence-electron chi connectivity index (χ1n) is 5.26. The normalized spacial score (nSPS) is 10.3. The quantitative estimate of drug-likeness (QED) is 0.869. The molecule has 0 aliphatic carbocycles. The number of rotatable bonds is 3. The maximum absolute atomic E-state index is 12.9. The van der Waals surface area contributed by atoms with Crippen LogP contribution in [-0.2, 0) is 6.54 Å². The maximum Gasteiger partial charge on any atom is 0.214 e. The highest BCUT2D eigenvalue weighted by atomic mass is 79.9. The predicted molar refractivity (Wildman–Crippen MR) is 70.4 cm³/mol. The lowest BCUT2D eigenvalue weighted by Crippen LogP contribution is -2.02. The van der Waals surface area contributed by atoms with Crippen LogP contribution in [0.3, 0.4) is 0 Å². The van der Waals surface area contributed by atoms with Gasteiger partial charge in [-0.25, -0.2) is 4.98 Å². The van der Waals surface area contributed by atoms with Crippen LogP contribution in [0, 0.1) is 12.9 Å². The number of nitrogens with one attached hydrogen (secondary N) is 1. The number of hydrogen-bond acceptors (Lipinski definition) is 2. The lowest BCUT2D eigenvalue weighted by molar-refractivity contribution is 0.585. The maximum atomic E-state index is 12.9. The van der Waals surface area contributed by atoms with Gasteiger partial charge < -0.3 is 5.32 Å². The number of pyridine rings is 1. The van der Waals surface area contributed by atoms with E-state index < -0.39 is 5.95 Å². The summed E-state index contributed by atoms with van der Waals surface area (Å²) in [6.45, 7) is 2.66. The summed E-state index contributed by atoms with van der Waals surface area (Å²) in [6.07, 6.45) is 0. The van der Waals surface area contributed by atoms with Crippen LogP contribution in [0.2, 0.25) is 0 Å². The van der Waals surface area contributed by atoms with Crippen molar-refractivity contribution in [1.29, 1.82) is 0 Å². The minimum absolute atomic E-state index is 0.472. The van der Waals surface area contributed by atoms with Gasteiger partial charge in [0.25, 0.3) is 0 Å². The van der Waals surface area contributed by atoms with Gasteiger partial charge >= 0.3 is 0 Å². The Balaban J connectivity index is 2.05. The first kappa shape index (κ1) is 12.0. The van der Waals surface area contributed by atoms with Gasteiger partial charge in [0.2, 0.25) is 5.95 Å². The van der Waals surface area contributed by atoms with E-state index in [4.69, 9.17) is 0 Å². The Morgan fingerprint density at radius 1 is 1.29 bits per heavy atom. The number of benzene rings is 1. The highest BCUT2D eigenvalue weighted by molar-refractivity contribution is 9.10. The summed E-state index contributed by atoms with van der Waals surface area (Å²) in [5, 5.41) is 3.08.